The maximum Gasteiger partial charge on any atom is 0.0219 e. The van der Waals surface area contributed by atoms with E-state index in [1.54, 1.807) is 0 Å². The molecule has 0 aromatic heterocycles. The Morgan fingerprint density at radius 2 is 1.79 bits per heavy atom. The van der Waals surface area contributed by atoms with E-state index in [4.69, 9.17) is 5.73 Å². The molecule has 88 valence electrons. The topological polar surface area (TPSA) is 38.0 Å². The minimum absolute atomic E-state index is 0. The molecule has 0 saturated heterocycles. The molecule has 0 unspecified atom stereocenters. The van der Waals surface area contributed by atoms with Gasteiger partial charge in [0.25, 0.3) is 0 Å². The highest BCUT2D eigenvalue weighted by atomic mass is 35.5. The van der Waals surface area contributed by atoms with Crippen LogP contribution in [0.3, 0.4) is 0 Å². The molecule has 3 N–H and O–H groups in total. The van der Waals surface area contributed by atoms with Crippen LogP contribution in [0.15, 0.2) is 0 Å². The average molecular weight is 243 g/mol. The quantitative estimate of drug-likeness (QED) is 0.798. The lowest BCUT2D eigenvalue weighted by atomic mass is 9.91. The molecular weight excluding hydrogens is 219 g/mol. The first-order valence-corrected chi connectivity index (χ1v) is 5.19. The molecule has 0 aromatic rings. The van der Waals surface area contributed by atoms with Gasteiger partial charge in [0.1, 0.15) is 0 Å². The van der Waals surface area contributed by atoms with E-state index in [9.17, 15) is 0 Å². The molecule has 1 aliphatic carbocycles. The molecule has 2 nitrogen and oxygen atoms in total. The molecule has 1 rings (SSSR count). The summed E-state index contributed by atoms with van der Waals surface area (Å²) in [7, 11) is 0. The van der Waals surface area contributed by atoms with Crippen molar-refractivity contribution < 1.29 is 0 Å². The molecule has 0 radical (unpaired) electrons. The van der Waals surface area contributed by atoms with E-state index >= 15 is 0 Å². The summed E-state index contributed by atoms with van der Waals surface area (Å²) in [5, 5.41) is 3.55. The molecule has 0 aromatic carbocycles. The van der Waals surface area contributed by atoms with Gasteiger partial charge in [-0.3, -0.25) is 0 Å². The van der Waals surface area contributed by atoms with Crippen LogP contribution in [-0.4, -0.2) is 18.6 Å². The van der Waals surface area contributed by atoms with Crippen LogP contribution in [0, 0.1) is 5.92 Å². The predicted molar refractivity (Wildman–Crippen MR) is 67.6 cm³/mol. The molecule has 0 amide bonds. The van der Waals surface area contributed by atoms with E-state index < -0.39 is 0 Å². The predicted octanol–water partition coefficient (Wildman–Crippen LogP) is 2.35. The van der Waals surface area contributed by atoms with E-state index in [0.717, 1.165) is 12.5 Å². The Morgan fingerprint density at radius 3 is 2.29 bits per heavy atom. The zero-order valence-electron chi connectivity index (χ0n) is 9.16. The molecule has 0 heterocycles. The van der Waals surface area contributed by atoms with Crippen LogP contribution >= 0.6 is 24.8 Å². The van der Waals surface area contributed by atoms with Gasteiger partial charge in [-0.15, -0.1) is 24.8 Å². The Kier molecular flexibility index (Phi) is 10.6. The average Bonchev–Trinajstić information content (AvgIpc) is 2.03. The van der Waals surface area contributed by atoms with Crippen LogP contribution in [0.5, 0.6) is 0 Å². The SMILES string of the molecule is CC(C)CN[C@@H]1CCCC[C@H]1N.Cl.Cl. The third kappa shape index (κ3) is 6.07. The van der Waals surface area contributed by atoms with E-state index in [0.29, 0.717) is 12.1 Å². The minimum atomic E-state index is 0. The first-order chi connectivity index (χ1) is 5.70. The Morgan fingerprint density at radius 1 is 1.21 bits per heavy atom. The Bertz CT molecular complexity index is 131. The first kappa shape index (κ1) is 16.9. The first-order valence-electron chi connectivity index (χ1n) is 5.19. The molecule has 1 saturated carbocycles. The van der Waals surface area contributed by atoms with Crippen molar-refractivity contribution in [2.75, 3.05) is 6.54 Å². The van der Waals surface area contributed by atoms with Crippen molar-refractivity contribution in [2.24, 2.45) is 11.7 Å². The number of hydrogen-bond donors (Lipinski definition) is 2. The summed E-state index contributed by atoms with van der Waals surface area (Å²) >= 11 is 0. The van der Waals surface area contributed by atoms with E-state index in [-0.39, 0.29) is 24.8 Å². The summed E-state index contributed by atoms with van der Waals surface area (Å²) in [6, 6.07) is 0.985. The van der Waals surface area contributed by atoms with Crippen molar-refractivity contribution in [2.45, 2.75) is 51.6 Å². The van der Waals surface area contributed by atoms with Crippen molar-refractivity contribution in [3.05, 3.63) is 0 Å². The summed E-state index contributed by atoms with van der Waals surface area (Å²) in [5.74, 6) is 0.735. The third-order valence-corrected chi connectivity index (χ3v) is 2.61. The monoisotopic (exact) mass is 242 g/mol. The van der Waals surface area contributed by atoms with Crippen molar-refractivity contribution in [1.29, 1.82) is 0 Å². The van der Waals surface area contributed by atoms with E-state index in [1.165, 1.54) is 25.7 Å². The van der Waals surface area contributed by atoms with Crippen molar-refractivity contribution >= 4 is 24.8 Å². The molecule has 1 aliphatic rings. The normalized spacial score (nSPS) is 26.6. The zero-order valence-corrected chi connectivity index (χ0v) is 10.8. The third-order valence-electron chi connectivity index (χ3n) is 2.61. The Hall–Kier alpha value is 0.500. The number of nitrogens with two attached hydrogens (primary N) is 1. The number of halogens is 2. The lowest BCUT2D eigenvalue weighted by molar-refractivity contribution is 0.317. The summed E-state index contributed by atoms with van der Waals surface area (Å²) in [4.78, 5) is 0. The van der Waals surface area contributed by atoms with Crippen LogP contribution in [0.4, 0.5) is 0 Å². The second-order valence-corrected chi connectivity index (χ2v) is 4.36. The summed E-state index contributed by atoms with van der Waals surface area (Å²) in [6.45, 7) is 5.58. The largest absolute Gasteiger partial charge is 0.326 e. The second kappa shape index (κ2) is 8.78. The van der Waals surface area contributed by atoms with Crippen LogP contribution in [0.1, 0.15) is 39.5 Å². The zero-order chi connectivity index (χ0) is 8.97. The summed E-state index contributed by atoms with van der Waals surface area (Å²) in [5.41, 5.74) is 6.00. The second-order valence-electron chi connectivity index (χ2n) is 4.36. The highest BCUT2D eigenvalue weighted by Gasteiger charge is 2.20. The van der Waals surface area contributed by atoms with Crippen LogP contribution in [-0.2, 0) is 0 Å². The highest BCUT2D eigenvalue weighted by Crippen LogP contribution is 2.16. The smallest absolute Gasteiger partial charge is 0.0219 e. The van der Waals surface area contributed by atoms with Gasteiger partial charge >= 0.3 is 0 Å². The van der Waals surface area contributed by atoms with Crippen LogP contribution < -0.4 is 11.1 Å². The fourth-order valence-corrected chi connectivity index (χ4v) is 1.80. The summed E-state index contributed by atoms with van der Waals surface area (Å²) < 4.78 is 0. The van der Waals surface area contributed by atoms with Gasteiger partial charge in [-0.05, 0) is 25.3 Å². The fraction of sp³-hybridized carbons (Fsp3) is 1.00. The van der Waals surface area contributed by atoms with Gasteiger partial charge in [-0.2, -0.15) is 0 Å². The number of nitrogens with one attached hydrogen (secondary N) is 1. The van der Waals surface area contributed by atoms with Gasteiger partial charge in [-0.1, -0.05) is 26.7 Å². The summed E-state index contributed by atoms with van der Waals surface area (Å²) in [6.07, 6.45) is 5.15. The lowest BCUT2D eigenvalue weighted by Crippen LogP contribution is -2.48. The van der Waals surface area contributed by atoms with Gasteiger partial charge in [0.05, 0.1) is 0 Å². The molecule has 14 heavy (non-hydrogen) atoms. The van der Waals surface area contributed by atoms with Gasteiger partial charge in [0.2, 0.25) is 0 Å². The van der Waals surface area contributed by atoms with Crippen LogP contribution in [0.25, 0.3) is 0 Å². The number of hydrogen-bond acceptors (Lipinski definition) is 2. The van der Waals surface area contributed by atoms with Gasteiger partial charge in [0, 0.05) is 12.1 Å². The molecule has 2 atom stereocenters. The van der Waals surface area contributed by atoms with Crippen molar-refractivity contribution in [1.82, 2.24) is 5.32 Å². The van der Waals surface area contributed by atoms with Crippen molar-refractivity contribution in [3.8, 4) is 0 Å². The van der Waals surface area contributed by atoms with E-state index in [2.05, 4.69) is 19.2 Å². The van der Waals surface area contributed by atoms with Gasteiger partial charge in [-0.25, -0.2) is 0 Å². The highest BCUT2D eigenvalue weighted by molar-refractivity contribution is 5.85. The molecule has 1 fully saturated rings. The molecule has 0 bridgehead atoms. The maximum atomic E-state index is 6.00. The molecular formula is C10H24Cl2N2. The molecule has 0 aliphatic heterocycles. The van der Waals surface area contributed by atoms with Gasteiger partial charge in [0.15, 0.2) is 0 Å². The maximum absolute atomic E-state index is 6.00. The fourth-order valence-electron chi connectivity index (χ4n) is 1.80. The molecule has 0 spiro atoms. The van der Waals surface area contributed by atoms with E-state index in [1.807, 2.05) is 0 Å². The Labute approximate surface area is 100 Å². The van der Waals surface area contributed by atoms with Gasteiger partial charge < -0.3 is 11.1 Å². The minimum Gasteiger partial charge on any atom is -0.326 e. The standard InChI is InChI=1S/C10H22N2.2ClH/c1-8(2)7-12-10-6-4-3-5-9(10)11;;/h8-10,12H,3-7,11H2,1-2H3;2*1H/t9-,10-;;/m1../s1. The lowest BCUT2D eigenvalue weighted by Gasteiger charge is -2.30. The Balaban J connectivity index is 0. The van der Waals surface area contributed by atoms with Crippen molar-refractivity contribution in [3.63, 3.8) is 0 Å². The molecule has 4 heteroatoms. The number of rotatable bonds is 3. The van der Waals surface area contributed by atoms with Crippen LogP contribution in [0.2, 0.25) is 0 Å².